The van der Waals surface area contributed by atoms with Crippen LogP contribution in [0.3, 0.4) is 0 Å². The van der Waals surface area contributed by atoms with Gasteiger partial charge in [0, 0.05) is 12.1 Å². The molecule has 41 heavy (non-hydrogen) atoms. The molecule has 1 atom stereocenters. The van der Waals surface area contributed by atoms with E-state index in [0.717, 1.165) is 9.87 Å². The average molecular weight is 619 g/mol. The van der Waals surface area contributed by atoms with E-state index in [-0.39, 0.29) is 17.3 Å². The summed E-state index contributed by atoms with van der Waals surface area (Å²) in [7, 11) is -4.14. The smallest absolute Gasteiger partial charge is 0.264 e. The Morgan fingerprint density at radius 3 is 2.15 bits per heavy atom. The molecule has 0 radical (unpaired) electrons. The number of carbonyl (C=O) groups is 2. The van der Waals surface area contributed by atoms with Crippen LogP contribution in [0, 0.1) is 13.8 Å². The van der Waals surface area contributed by atoms with E-state index in [1.807, 2.05) is 40.7 Å². The molecule has 3 aromatic rings. The first-order chi connectivity index (χ1) is 19.1. The van der Waals surface area contributed by atoms with Gasteiger partial charge in [-0.2, -0.15) is 0 Å². The van der Waals surface area contributed by atoms with E-state index in [0.29, 0.717) is 33.3 Å². The predicted octanol–water partition coefficient (Wildman–Crippen LogP) is 6.53. The zero-order chi connectivity index (χ0) is 30.5. The quantitative estimate of drug-likeness (QED) is 0.280. The van der Waals surface area contributed by atoms with E-state index in [1.54, 1.807) is 55.5 Å². The molecule has 220 valence electrons. The number of sulfonamides is 1. The third-order valence-electron chi connectivity index (χ3n) is 6.45. The number of nitrogens with one attached hydrogen (secondary N) is 1. The number of hydrogen-bond acceptors (Lipinski definition) is 4. The van der Waals surface area contributed by atoms with Gasteiger partial charge in [-0.1, -0.05) is 72.1 Å². The summed E-state index contributed by atoms with van der Waals surface area (Å²) in [6.45, 7) is 10.6. The second-order valence-electron chi connectivity index (χ2n) is 11.0. The lowest BCUT2D eigenvalue weighted by molar-refractivity contribution is -0.141. The summed E-state index contributed by atoms with van der Waals surface area (Å²) in [5.41, 5.74) is 2.16. The lowest BCUT2D eigenvalue weighted by atomic mass is 10.1. The number of hydrogen-bond donors (Lipinski definition) is 1. The average Bonchev–Trinajstić information content (AvgIpc) is 2.89. The highest BCUT2D eigenvalue weighted by Gasteiger charge is 2.35. The predicted molar refractivity (Wildman–Crippen MR) is 166 cm³/mol. The highest BCUT2D eigenvalue weighted by atomic mass is 35.5. The van der Waals surface area contributed by atoms with Crippen molar-refractivity contribution in [2.75, 3.05) is 10.8 Å². The number of anilines is 1. The zero-order valence-electron chi connectivity index (χ0n) is 24.2. The molecule has 1 N–H and O–H groups in total. The minimum absolute atomic E-state index is 0.0257. The van der Waals surface area contributed by atoms with Gasteiger partial charge < -0.3 is 10.2 Å². The maximum Gasteiger partial charge on any atom is 0.264 e. The molecule has 0 unspecified atom stereocenters. The number of carbonyl (C=O) groups excluding carboxylic acids is 2. The fourth-order valence-corrected chi connectivity index (χ4v) is 6.35. The van der Waals surface area contributed by atoms with Crippen molar-refractivity contribution in [3.63, 3.8) is 0 Å². The number of aryl methyl sites for hydroxylation is 2. The Hall–Kier alpha value is -3.07. The SMILES string of the molecule is CC[C@H](C(=O)NC(C)(C)C)N(Cc1ccc(Cl)c(Cl)c1)C(=O)CN(c1ccc(C)cc1C)S(=O)(=O)c1ccccc1. The molecule has 0 heterocycles. The molecule has 0 aromatic heterocycles. The van der Waals surface area contributed by atoms with Crippen LogP contribution in [0.4, 0.5) is 5.69 Å². The molecule has 3 rings (SSSR count). The lowest BCUT2D eigenvalue weighted by Crippen LogP contribution is -2.55. The van der Waals surface area contributed by atoms with Gasteiger partial charge in [0.1, 0.15) is 12.6 Å². The van der Waals surface area contributed by atoms with Crippen molar-refractivity contribution in [3.8, 4) is 0 Å². The molecule has 2 amide bonds. The lowest BCUT2D eigenvalue weighted by Gasteiger charge is -2.35. The van der Waals surface area contributed by atoms with E-state index in [1.165, 1.54) is 17.0 Å². The van der Waals surface area contributed by atoms with E-state index in [9.17, 15) is 18.0 Å². The van der Waals surface area contributed by atoms with Gasteiger partial charge in [0.2, 0.25) is 11.8 Å². The second-order valence-corrected chi connectivity index (χ2v) is 13.7. The summed E-state index contributed by atoms with van der Waals surface area (Å²) in [6.07, 6.45) is 0.309. The first-order valence-electron chi connectivity index (χ1n) is 13.3. The number of benzene rings is 3. The van der Waals surface area contributed by atoms with Crippen LogP contribution in [0.1, 0.15) is 50.8 Å². The molecular weight excluding hydrogens is 581 g/mol. The molecule has 0 aliphatic carbocycles. The van der Waals surface area contributed by atoms with Crippen molar-refractivity contribution in [1.29, 1.82) is 0 Å². The monoisotopic (exact) mass is 617 g/mol. The van der Waals surface area contributed by atoms with Crippen LogP contribution >= 0.6 is 23.2 Å². The van der Waals surface area contributed by atoms with Crippen LogP contribution in [0.2, 0.25) is 10.0 Å². The molecule has 0 aliphatic rings. The van der Waals surface area contributed by atoms with Crippen LogP contribution in [-0.2, 0) is 26.2 Å². The van der Waals surface area contributed by atoms with Gasteiger partial charge in [-0.25, -0.2) is 8.42 Å². The number of halogens is 2. The normalized spacial score (nSPS) is 12.5. The van der Waals surface area contributed by atoms with E-state index in [4.69, 9.17) is 23.2 Å². The summed E-state index contributed by atoms with van der Waals surface area (Å²) >= 11 is 12.4. The van der Waals surface area contributed by atoms with Gasteiger partial charge >= 0.3 is 0 Å². The van der Waals surface area contributed by atoms with Crippen LogP contribution in [0.25, 0.3) is 0 Å². The Balaban J connectivity index is 2.11. The van der Waals surface area contributed by atoms with E-state index < -0.39 is 34.1 Å². The molecule has 0 saturated carbocycles. The molecule has 3 aromatic carbocycles. The summed E-state index contributed by atoms with van der Waals surface area (Å²) in [5, 5.41) is 3.63. The van der Waals surface area contributed by atoms with Crippen molar-refractivity contribution in [1.82, 2.24) is 10.2 Å². The second kappa shape index (κ2) is 13.3. The Morgan fingerprint density at radius 1 is 0.927 bits per heavy atom. The molecule has 10 heteroatoms. The molecule has 0 bridgehead atoms. The van der Waals surface area contributed by atoms with Crippen LogP contribution < -0.4 is 9.62 Å². The van der Waals surface area contributed by atoms with Crippen molar-refractivity contribution < 1.29 is 18.0 Å². The third kappa shape index (κ3) is 8.24. The molecule has 0 fully saturated rings. The Kier molecular flexibility index (Phi) is 10.5. The summed E-state index contributed by atoms with van der Waals surface area (Å²) in [6, 6.07) is 17.5. The van der Waals surface area contributed by atoms with Crippen molar-refractivity contribution in [2.45, 2.75) is 71.0 Å². The van der Waals surface area contributed by atoms with Crippen LogP contribution in [0.15, 0.2) is 71.6 Å². The van der Waals surface area contributed by atoms with Gasteiger partial charge in [-0.3, -0.25) is 13.9 Å². The van der Waals surface area contributed by atoms with E-state index in [2.05, 4.69) is 5.32 Å². The van der Waals surface area contributed by atoms with Crippen LogP contribution in [0.5, 0.6) is 0 Å². The van der Waals surface area contributed by atoms with Gasteiger partial charge in [0.05, 0.1) is 20.6 Å². The summed E-state index contributed by atoms with van der Waals surface area (Å²) < 4.78 is 29.1. The van der Waals surface area contributed by atoms with Crippen molar-refractivity contribution >= 4 is 50.7 Å². The fourth-order valence-electron chi connectivity index (χ4n) is 4.53. The Morgan fingerprint density at radius 2 is 1.59 bits per heavy atom. The zero-order valence-corrected chi connectivity index (χ0v) is 26.6. The van der Waals surface area contributed by atoms with Gasteiger partial charge in [-0.05, 0) is 82.5 Å². The van der Waals surface area contributed by atoms with Crippen LogP contribution in [-0.4, -0.2) is 43.3 Å². The Bertz CT molecular complexity index is 1510. The molecule has 0 aliphatic heterocycles. The standard InChI is InChI=1S/C31H37Cl2N3O4S/c1-7-27(30(38)34-31(4,5)6)35(19-23-14-15-25(32)26(33)18-23)29(37)20-36(28-16-13-21(2)17-22(28)3)41(39,40)24-11-9-8-10-12-24/h8-18,27H,7,19-20H2,1-6H3,(H,34,38)/t27-/m1/s1. The topological polar surface area (TPSA) is 86.8 Å². The van der Waals surface area contributed by atoms with E-state index >= 15 is 0 Å². The first-order valence-corrected chi connectivity index (χ1v) is 15.5. The first kappa shape index (κ1) is 32.4. The maximum absolute atomic E-state index is 14.2. The van der Waals surface area contributed by atoms with Gasteiger partial charge in [-0.15, -0.1) is 0 Å². The number of amides is 2. The Labute approximate surface area is 253 Å². The van der Waals surface area contributed by atoms with Crippen molar-refractivity contribution in [3.05, 3.63) is 93.5 Å². The highest BCUT2D eigenvalue weighted by molar-refractivity contribution is 7.92. The highest BCUT2D eigenvalue weighted by Crippen LogP contribution is 2.29. The largest absolute Gasteiger partial charge is 0.350 e. The third-order valence-corrected chi connectivity index (χ3v) is 8.97. The summed E-state index contributed by atoms with van der Waals surface area (Å²) in [4.78, 5) is 29.1. The van der Waals surface area contributed by atoms with Gasteiger partial charge in [0.25, 0.3) is 10.0 Å². The number of nitrogens with zero attached hydrogens (tertiary/aromatic N) is 2. The number of rotatable bonds is 10. The molecular formula is C31H37Cl2N3O4S. The fraction of sp³-hybridized carbons (Fsp3) is 0.355. The summed E-state index contributed by atoms with van der Waals surface area (Å²) in [5.74, 6) is -0.871. The molecule has 7 nitrogen and oxygen atoms in total. The van der Waals surface area contributed by atoms with Crippen molar-refractivity contribution in [2.24, 2.45) is 0 Å². The minimum atomic E-state index is -4.14. The molecule has 0 spiro atoms. The van der Waals surface area contributed by atoms with Gasteiger partial charge in [0.15, 0.2) is 0 Å². The molecule has 0 saturated heterocycles. The maximum atomic E-state index is 14.2. The minimum Gasteiger partial charge on any atom is -0.350 e.